The SMILES string of the molecule is C=C/C=C\C(=C/C=C)CCCc1cc(CC)[nH]n1. The van der Waals surface area contributed by atoms with Gasteiger partial charge in [-0.2, -0.15) is 5.10 Å². The Bertz CT molecular complexity index is 436. The average molecular weight is 242 g/mol. The molecule has 2 nitrogen and oxygen atoms in total. The molecule has 0 spiro atoms. The molecule has 0 radical (unpaired) electrons. The van der Waals surface area contributed by atoms with Gasteiger partial charge in [-0.15, -0.1) is 0 Å². The van der Waals surface area contributed by atoms with E-state index in [1.165, 1.54) is 11.3 Å². The summed E-state index contributed by atoms with van der Waals surface area (Å²) in [5.41, 5.74) is 3.63. The van der Waals surface area contributed by atoms with Crippen molar-refractivity contribution >= 4 is 0 Å². The molecule has 2 heteroatoms. The van der Waals surface area contributed by atoms with E-state index in [4.69, 9.17) is 0 Å². The summed E-state index contributed by atoms with van der Waals surface area (Å²) in [5.74, 6) is 0. The highest BCUT2D eigenvalue weighted by Crippen LogP contribution is 2.11. The van der Waals surface area contributed by atoms with E-state index in [0.29, 0.717) is 0 Å². The van der Waals surface area contributed by atoms with Crippen molar-refractivity contribution in [1.29, 1.82) is 0 Å². The molecule has 0 aliphatic heterocycles. The second-order valence-corrected chi connectivity index (χ2v) is 4.16. The molecule has 0 aliphatic rings. The summed E-state index contributed by atoms with van der Waals surface area (Å²) in [7, 11) is 0. The molecule has 0 fully saturated rings. The van der Waals surface area contributed by atoms with E-state index in [-0.39, 0.29) is 0 Å². The van der Waals surface area contributed by atoms with Gasteiger partial charge in [0.1, 0.15) is 0 Å². The van der Waals surface area contributed by atoms with Gasteiger partial charge in [0.2, 0.25) is 0 Å². The van der Waals surface area contributed by atoms with Crippen LogP contribution in [0.3, 0.4) is 0 Å². The van der Waals surface area contributed by atoms with E-state index < -0.39 is 0 Å². The third-order valence-electron chi connectivity index (χ3n) is 2.74. The van der Waals surface area contributed by atoms with Crippen LogP contribution in [0.25, 0.3) is 0 Å². The molecule has 1 rings (SSSR count). The number of rotatable bonds is 8. The molecular formula is C16H22N2. The minimum atomic E-state index is 1.01. The van der Waals surface area contributed by atoms with Crippen molar-refractivity contribution in [3.63, 3.8) is 0 Å². The molecular weight excluding hydrogens is 220 g/mol. The lowest BCUT2D eigenvalue weighted by Gasteiger charge is -2.00. The van der Waals surface area contributed by atoms with Gasteiger partial charge in [0.05, 0.1) is 5.69 Å². The molecule has 1 heterocycles. The Balaban J connectivity index is 2.43. The number of nitrogens with zero attached hydrogens (tertiary/aromatic N) is 1. The summed E-state index contributed by atoms with van der Waals surface area (Å²) in [6.07, 6.45) is 13.8. The van der Waals surface area contributed by atoms with Gasteiger partial charge >= 0.3 is 0 Å². The Morgan fingerprint density at radius 2 is 2.22 bits per heavy atom. The number of nitrogens with one attached hydrogen (secondary N) is 1. The number of aromatic nitrogens is 2. The first-order chi connectivity index (χ1) is 8.80. The van der Waals surface area contributed by atoms with Crippen LogP contribution < -0.4 is 0 Å². The number of allylic oxidation sites excluding steroid dienone is 6. The van der Waals surface area contributed by atoms with Crippen LogP contribution in [0.4, 0.5) is 0 Å². The number of hydrogen-bond donors (Lipinski definition) is 1. The number of H-pyrrole nitrogens is 1. The van der Waals surface area contributed by atoms with Gasteiger partial charge in [-0.05, 0) is 37.3 Å². The van der Waals surface area contributed by atoms with Gasteiger partial charge in [0, 0.05) is 5.69 Å². The molecule has 0 unspecified atom stereocenters. The Hall–Kier alpha value is -1.83. The molecule has 1 aromatic heterocycles. The van der Waals surface area contributed by atoms with Crippen LogP contribution in [0.1, 0.15) is 31.2 Å². The Kier molecular flexibility index (Phi) is 6.55. The van der Waals surface area contributed by atoms with Crippen LogP contribution in [-0.2, 0) is 12.8 Å². The number of aromatic amines is 1. The normalized spacial score (nSPS) is 11.9. The summed E-state index contributed by atoms with van der Waals surface area (Å²) < 4.78 is 0. The predicted molar refractivity (Wildman–Crippen MR) is 78.5 cm³/mol. The first-order valence-corrected chi connectivity index (χ1v) is 6.44. The average Bonchev–Trinajstić information content (AvgIpc) is 2.84. The van der Waals surface area contributed by atoms with E-state index in [1.54, 1.807) is 6.08 Å². The molecule has 96 valence electrons. The van der Waals surface area contributed by atoms with E-state index >= 15 is 0 Å². The maximum absolute atomic E-state index is 4.29. The highest BCUT2D eigenvalue weighted by atomic mass is 15.1. The minimum Gasteiger partial charge on any atom is -0.282 e. The monoisotopic (exact) mass is 242 g/mol. The van der Waals surface area contributed by atoms with Crippen molar-refractivity contribution in [1.82, 2.24) is 10.2 Å². The molecule has 0 aliphatic carbocycles. The Labute approximate surface area is 110 Å². The van der Waals surface area contributed by atoms with Crippen molar-refractivity contribution in [2.45, 2.75) is 32.6 Å². The van der Waals surface area contributed by atoms with Gasteiger partial charge in [-0.1, -0.05) is 50.5 Å². The molecule has 0 saturated carbocycles. The van der Waals surface area contributed by atoms with E-state index in [1.807, 2.05) is 18.2 Å². The van der Waals surface area contributed by atoms with Crippen LogP contribution >= 0.6 is 0 Å². The topological polar surface area (TPSA) is 28.7 Å². The van der Waals surface area contributed by atoms with Crippen LogP contribution in [0.15, 0.2) is 55.2 Å². The quantitative estimate of drug-likeness (QED) is 0.682. The fourth-order valence-electron chi connectivity index (χ4n) is 1.76. The highest BCUT2D eigenvalue weighted by Gasteiger charge is 2.00. The van der Waals surface area contributed by atoms with Crippen LogP contribution in [0, 0.1) is 0 Å². The molecule has 18 heavy (non-hydrogen) atoms. The zero-order chi connectivity index (χ0) is 13.2. The largest absolute Gasteiger partial charge is 0.282 e. The summed E-state index contributed by atoms with van der Waals surface area (Å²) in [6.45, 7) is 9.54. The fraction of sp³-hybridized carbons (Fsp3) is 0.312. The van der Waals surface area contributed by atoms with Crippen molar-refractivity contribution in [3.8, 4) is 0 Å². The van der Waals surface area contributed by atoms with E-state index in [2.05, 4.69) is 42.4 Å². The van der Waals surface area contributed by atoms with E-state index in [0.717, 1.165) is 31.4 Å². The smallest absolute Gasteiger partial charge is 0.0625 e. The lowest BCUT2D eigenvalue weighted by Crippen LogP contribution is -1.87. The zero-order valence-electron chi connectivity index (χ0n) is 11.2. The van der Waals surface area contributed by atoms with Gasteiger partial charge in [0.25, 0.3) is 0 Å². The third-order valence-corrected chi connectivity index (χ3v) is 2.74. The molecule has 0 bridgehead atoms. The van der Waals surface area contributed by atoms with Crippen molar-refractivity contribution < 1.29 is 0 Å². The predicted octanol–water partition coefficient (Wildman–Crippen LogP) is 4.15. The molecule has 0 saturated heterocycles. The standard InChI is InChI=1S/C16H22N2/c1-4-7-10-14(9-5-2)11-8-12-16-13-15(6-3)17-18-16/h4-5,7,9-10,13H,1-2,6,8,11-12H2,3H3,(H,17,18)/b10-7-,14-9+. The first kappa shape index (κ1) is 14.2. The third kappa shape index (κ3) is 5.00. The van der Waals surface area contributed by atoms with Crippen molar-refractivity contribution in [2.24, 2.45) is 0 Å². The maximum atomic E-state index is 4.29. The van der Waals surface area contributed by atoms with Crippen LogP contribution in [0.5, 0.6) is 0 Å². The lowest BCUT2D eigenvalue weighted by molar-refractivity contribution is 0.794. The highest BCUT2D eigenvalue weighted by molar-refractivity contribution is 5.25. The van der Waals surface area contributed by atoms with Crippen molar-refractivity contribution in [3.05, 3.63) is 66.6 Å². The van der Waals surface area contributed by atoms with Gasteiger partial charge in [-0.3, -0.25) is 5.10 Å². The summed E-state index contributed by atoms with van der Waals surface area (Å²) >= 11 is 0. The fourth-order valence-corrected chi connectivity index (χ4v) is 1.76. The van der Waals surface area contributed by atoms with Gasteiger partial charge in [0.15, 0.2) is 0 Å². The number of hydrogen-bond acceptors (Lipinski definition) is 1. The second kappa shape index (κ2) is 8.29. The first-order valence-electron chi connectivity index (χ1n) is 6.44. The molecule has 0 atom stereocenters. The zero-order valence-corrected chi connectivity index (χ0v) is 11.2. The molecule has 0 amide bonds. The lowest BCUT2D eigenvalue weighted by atomic mass is 10.1. The molecule has 0 aromatic carbocycles. The minimum absolute atomic E-state index is 1.01. The summed E-state index contributed by atoms with van der Waals surface area (Å²) in [6, 6.07) is 2.15. The van der Waals surface area contributed by atoms with Crippen molar-refractivity contribution in [2.75, 3.05) is 0 Å². The molecule has 1 N–H and O–H groups in total. The van der Waals surface area contributed by atoms with Gasteiger partial charge < -0.3 is 0 Å². The summed E-state index contributed by atoms with van der Waals surface area (Å²) in [5, 5.41) is 7.34. The summed E-state index contributed by atoms with van der Waals surface area (Å²) in [4.78, 5) is 0. The number of aryl methyl sites for hydroxylation is 2. The Morgan fingerprint density at radius 1 is 1.39 bits per heavy atom. The molecule has 1 aromatic rings. The van der Waals surface area contributed by atoms with Crippen LogP contribution in [-0.4, -0.2) is 10.2 Å². The van der Waals surface area contributed by atoms with E-state index in [9.17, 15) is 0 Å². The Morgan fingerprint density at radius 3 is 2.83 bits per heavy atom. The van der Waals surface area contributed by atoms with Crippen LogP contribution in [0.2, 0.25) is 0 Å². The maximum Gasteiger partial charge on any atom is 0.0625 e. The second-order valence-electron chi connectivity index (χ2n) is 4.16. The van der Waals surface area contributed by atoms with Gasteiger partial charge in [-0.25, -0.2) is 0 Å².